The fraction of sp³-hybridized carbons (Fsp3) is 0.611. The van der Waals surface area contributed by atoms with Crippen LogP contribution >= 0.6 is 11.3 Å². The van der Waals surface area contributed by atoms with E-state index in [1.165, 1.54) is 24.2 Å². The first-order valence-corrected chi connectivity index (χ1v) is 9.71. The Bertz CT molecular complexity index is 863. The van der Waals surface area contributed by atoms with Crippen molar-refractivity contribution in [1.29, 1.82) is 0 Å². The van der Waals surface area contributed by atoms with E-state index in [1.807, 2.05) is 11.5 Å². The molecule has 2 aromatic heterocycles. The quantitative estimate of drug-likeness (QED) is 0.930. The zero-order chi connectivity index (χ0) is 16.8. The van der Waals surface area contributed by atoms with Crippen LogP contribution in [0, 0.1) is 12.8 Å². The van der Waals surface area contributed by atoms with Gasteiger partial charge in [0.25, 0.3) is 11.5 Å². The Labute approximate surface area is 145 Å². The zero-order valence-electron chi connectivity index (χ0n) is 14.2. The van der Waals surface area contributed by atoms with Crippen molar-refractivity contribution in [2.75, 3.05) is 0 Å². The molecule has 24 heavy (non-hydrogen) atoms. The molecule has 128 valence electrons. The Morgan fingerprint density at radius 3 is 2.88 bits per heavy atom. The number of nitrogens with zero attached hydrogens (tertiary/aromatic N) is 2. The van der Waals surface area contributed by atoms with E-state index in [1.54, 1.807) is 0 Å². The second-order valence-corrected chi connectivity index (χ2v) is 8.13. The van der Waals surface area contributed by atoms with Gasteiger partial charge in [-0.3, -0.25) is 14.2 Å². The lowest BCUT2D eigenvalue weighted by molar-refractivity contribution is 0.0939. The molecule has 3 heterocycles. The van der Waals surface area contributed by atoms with Crippen LogP contribution in [-0.2, 0) is 13.0 Å². The summed E-state index contributed by atoms with van der Waals surface area (Å²) < 4.78 is 1.82. The van der Waals surface area contributed by atoms with Crippen LogP contribution in [0.25, 0.3) is 10.2 Å². The molecule has 5 nitrogen and oxygen atoms in total. The molecule has 0 radical (unpaired) electrons. The molecule has 0 saturated heterocycles. The van der Waals surface area contributed by atoms with Crippen LogP contribution in [0.4, 0.5) is 0 Å². The van der Waals surface area contributed by atoms with E-state index in [-0.39, 0.29) is 17.5 Å². The monoisotopic (exact) mass is 345 g/mol. The van der Waals surface area contributed by atoms with Gasteiger partial charge in [-0.05, 0) is 51.0 Å². The van der Waals surface area contributed by atoms with Crippen LogP contribution in [0.1, 0.15) is 60.1 Å². The van der Waals surface area contributed by atoms with Crippen LogP contribution in [0.3, 0.4) is 0 Å². The largest absolute Gasteiger partial charge is 0.349 e. The molecule has 1 saturated carbocycles. The lowest BCUT2D eigenvalue weighted by Gasteiger charge is -2.12. The van der Waals surface area contributed by atoms with Crippen molar-refractivity contribution in [2.45, 2.75) is 65.0 Å². The number of thiophene rings is 1. The van der Waals surface area contributed by atoms with Gasteiger partial charge in [0.05, 0.1) is 10.3 Å². The third kappa shape index (κ3) is 2.66. The third-order valence-electron chi connectivity index (χ3n) is 5.31. The Hall–Kier alpha value is -1.69. The zero-order valence-corrected chi connectivity index (χ0v) is 15.0. The van der Waals surface area contributed by atoms with Gasteiger partial charge in [0, 0.05) is 19.0 Å². The van der Waals surface area contributed by atoms with Crippen molar-refractivity contribution in [3.05, 3.63) is 26.6 Å². The molecule has 2 aliphatic rings. The molecule has 1 aliphatic carbocycles. The van der Waals surface area contributed by atoms with Crippen LogP contribution in [0.15, 0.2) is 4.79 Å². The summed E-state index contributed by atoms with van der Waals surface area (Å²) in [6.07, 6.45) is 6.49. The molecule has 6 heteroatoms. The summed E-state index contributed by atoms with van der Waals surface area (Å²) in [4.78, 5) is 31.6. The van der Waals surface area contributed by atoms with Crippen molar-refractivity contribution in [3.63, 3.8) is 0 Å². The number of carbonyl (C=O) groups excluding carboxylic acids is 1. The van der Waals surface area contributed by atoms with Crippen LogP contribution in [0.5, 0.6) is 0 Å². The topological polar surface area (TPSA) is 64.0 Å². The SMILES string of the molecule is Cc1c(C(=O)N[C@@H](C)C2CC2)sc2nc3n(c(=O)c12)CCCCC3. The van der Waals surface area contributed by atoms with Gasteiger partial charge in [-0.2, -0.15) is 0 Å². The van der Waals surface area contributed by atoms with Crippen molar-refractivity contribution in [3.8, 4) is 0 Å². The lowest BCUT2D eigenvalue weighted by atomic mass is 10.1. The van der Waals surface area contributed by atoms with E-state index in [0.29, 0.717) is 16.2 Å². The smallest absolute Gasteiger partial charge is 0.262 e. The molecule has 1 fully saturated rings. The normalized spacial score (nSPS) is 18.9. The number of aryl methyl sites for hydroxylation is 2. The maximum atomic E-state index is 12.9. The van der Waals surface area contributed by atoms with Crippen molar-refractivity contribution >= 4 is 27.5 Å². The minimum absolute atomic E-state index is 0.0277. The standard InChI is InChI=1S/C18H23N3O2S/c1-10-14-17(20-13-6-4-3-5-9-21(13)18(14)23)24-15(10)16(22)19-11(2)12-7-8-12/h11-12H,3-9H2,1-2H3,(H,19,22)/t11-/m0/s1. The van der Waals surface area contributed by atoms with E-state index < -0.39 is 0 Å². The molecule has 4 rings (SSSR count). The number of nitrogens with one attached hydrogen (secondary N) is 1. The average Bonchev–Trinajstić information content (AvgIpc) is 3.35. The molecule has 0 unspecified atom stereocenters. The van der Waals surface area contributed by atoms with Gasteiger partial charge in [0.2, 0.25) is 0 Å². The lowest BCUT2D eigenvalue weighted by Crippen LogP contribution is -2.33. The average molecular weight is 345 g/mol. The molecule has 1 N–H and O–H groups in total. The van der Waals surface area contributed by atoms with Crippen LogP contribution in [0.2, 0.25) is 0 Å². The van der Waals surface area contributed by atoms with Crippen LogP contribution in [-0.4, -0.2) is 21.5 Å². The molecule has 1 atom stereocenters. The van der Waals surface area contributed by atoms with E-state index in [9.17, 15) is 9.59 Å². The summed E-state index contributed by atoms with van der Waals surface area (Å²) in [6, 6.07) is 0.202. The molecule has 0 bridgehead atoms. The number of aromatic nitrogens is 2. The summed E-state index contributed by atoms with van der Waals surface area (Å²) >= 11 is 1.36. The van der Waals surface area contributed by atoms with E-state index in [0.717, 1.165) is 48.4 Å². The fourth-order valence-corrected chi connectivity index (χ4v) is 4.71. The van der Waals surface area contributed by atoms with Crippen molar-refractivity contribution in [1.82, 2.24) is 14.9 Å². The maximum absolute atomic E-state index is 12.9. The summed E-state index contributed by atoms with van der Waals surface area (Å²) in [5.74, 6) is 1.43. The van der Waals surface area contributed by atoms with Crippen molar-refractivity contribution in [2.24, 2.45) is 5.92 Å². The number of hydrogen-bond donors (Lipinski definition) is 1. The number of hydrogen-bond acceptors (Lipinski definition) is 4. The number of fused-ring (bicyclic) bond motifs is 2. The van der Waals surface area contributed by atoms with Crippen LogP contribution < -0.4 is 10.9 Å². The van der Waals surface area contributed by atoms with Gasteiger partial charge >= 0.3 is 0 Å². The van der Waals surface area contributed by atoms with Gasteiger partial charge in [0.1, 0.15) is 10.7 Å². The van der Waals surface area contributed by atoms with E-state index in [2.05, 4.69) is 12.2 Å². The Balaban J connectivity index is 1.75. The molecular formula is C18H23N3O2S. The van der Waals surface area contributed by atoms with Gasteiger partial charge in [0.15, 0.2) is 0 Å². The predicted octanol–water partition coefficient (Wildman–Crippen LogP) is 3.02. The van der Waals surface area contributed by atoms with Gasteiger partial charge in [-0.15, -0.1) is 11.3 Å². The fourth-order valence-electron chi connectivity index (χ4n) is 3.61. The summed E-state index contributed by atoms with van der Waals surface area (Å²) in [7, 11) is 0. The third-order valence-corrected chi connectivity index (χ3v) is 6.49. The first kappa shape index (κ1) is 15.8. The highest BCUT2D eigenvalue weighted by Gasteiger charge is 2.30. The van der Waals surface area contributed by atoms with Gasteiger partial charge in [-0.25, -0.2) is 4.98 Å². The molecule has 2 aromatic rings. The molecule has 1 aliphatic heterocycles. The Morgan fingerprint density at radius 1 is 1.33 bits per heavy atom. The number of carbonyl (C=O) groups is 1. The molecule has 1 amide bonds. The van der Waals surface area contributed by atoms with Gasteiger partial charge < -0.3 is 5.32 Å². The number of rotatable bonds is 3. The van der Waals surface area contributed by atoms with E-state index >= 15 is 0 Å². The molecule has 0 aromatic carbocycles. The molecular weight excluding hydrogens is 322 g/mol. The predicted molar refractivity (Wildman–Crippen MR) is 95.8 cm³/mol. The minimum atomic E-state index is -0.0607. The summed E-state index contributed by atoms with van der Waals surface area (Å²) in [5.41, 5.74) is 0.812. The van der Waals surface area contributed by atoms with Crippen molar-refractivity contribution < 1.29 is 4.79 Å². The highest BCUT2D eigenvalue weighted by molar-refractivity contribution is 7.20. The number of amides is 1. The first-order valence-electron chi connectivity index (χ1n) is 8.90. The minimum Gasteiger partial charge on any atom is -0.349 e. The second-order valence-electron chi connectivity index (χ2n) is 7.13. The second kappa shape index (κ2) is 5.99. The summed E-state index contributed by atoms with van der Waals surface area (Å²) in [6.45, 7) is 4.68. The first-order chi connectivity index (χ1) is 11.6. The highest BCUT2D eigenvalue weighted by atomic mass is 32.1. The van der Waals surface area contributed by atoms with Gasteiger partial charge in [-0.1, -0.05) is 6.42 Å². The maximum Gasteiger partial charge on any atom is 0.262 e. The molecule has 0 spiro atoms. The summed E-state index contributed by atoms with van der Waals surface area (Å²) in [5, 5.41) is 3.73. The Kier molecular flexibility index (Phi) is 3.95. The highest BCUT2D eigenvalue weighted by Crippen LogP contribution is 2.33. The van der Waals surface area contributed by atoms with E-state index in [4.69, 9.17) is 4.98 Å². The Morgan fingerprint density at radius 2 is 2.12 bits per heavy atom.